The van der Waals surface area contributed by atoms with Crippen molar-refractivity contribution in [3.8, 4) is 0 Å². The Bertz CT molecular complexity index is 996. The van der Waals surface area contributed by atoms with Crippen molar-refractivity contribution >= 4 is 40.3 Å². The number of nitrogens with one attached hydrogen (secondary N) is 2. The van der Waals surface area contributed by atoms with Gasteiger partial charge in [0.2, 0.25) is 5.91 Å². The molecule has 29 heavy (non-hydrogen) atoms. The number of thioether (sulfide) groups is 1. The van der Waals surface area contributed by atoms with Crippen molar-refractivity contribution in [1.82, 2.24) is 14.9 Å². The van der Waals surface area contributed by atoms with Gasteiger partial charge in [-0.2, -0.15) is 0 Å². The van der Waals surface area contributed by atoms with Crippen LogP contribution in [0.1, 0.15) is 30.6 Å². The predicted molar refractivity (Wildman–Crippen MR) is 118 cm³/mol. The molecule has 0 aliphatic carbocycles. The van der Waals surface area contributed by atoms with Crippen LogP contribution in [0.4, 0.5) is 5.69 Å². The van der Waals surface area contributed by atoms with E-state index in [1.807, 2.05) is 18.2 Å². The molecule has 0 spiro atoms. The fourth-order valence-corrected chi connectivity index (χ4v) is 3.78. The van der Waals surface area contributed by atoms with Crippen molar-refractivity contribution in [3.05, 3.63) is 54.1 Å². The Kier molecular flexibility index (Phi) is 6.93. The van der Waals surface area contributed by atoms with Crippen LogP contribution in [0, 0.1) is 5.92 Å². The summed E-state index contributed by atoms with van der Waals surface area (Å²) in [5.74, 6) is 0.598. The molecule has 0 aliphatic heterocycles. The van der Waals surface area contributed by atoms with Gasteiger partial charge in [0.25, 0.3) is 5.91 Å². The van der Waals surface area contributed by atoms with Gasteiger partial charge in [-0.05, 0) is 48.7 Å². The maximum atomic E-state index is 12.4. The Labute approximate surface area is 175 Å². The molecule has 2 amide bonds. The number of hydrogen-bond donors (Lipinski definition) is 2. The summed E-state index contributed by atoms with van der Waals surface area (Å²) in [4.78, 5) is 28.7. The number of rotatable bonds is 8. The second-order valence-corrected chi connectivity index (χ2v) is 8.15. The van der Waals surface area contributed by atoms with E-state index in [4.69, 9.17) is 4.98 Å². The number of hydrogen-bond acceptors (Lipinski definition) is 4. The molecule has 1 heterocycles. The molecular formula is C22H26N4O2S. The van der Waals surface area contributed by atoms with Gasteiger partial charge in [-0.15, -0.1) is 0 Å². The molecular weight excluding hydrogens is 384 g/mol. The summed E-state index contributed by atoms with van der Waals surface area (Å²) >= 11 is 1.44. The topological polar surface area (TPSA) is 76.0 Å². The largest absolute Gasteiger partial charge is 0.355 e. The molecule has 0 radical (unpaired) electrons. The first-order valence-corrected chi connectivity index (χ1v) is 10.7. The average Bonchev–Trinajstić information content (AvgIpc) is 3.08. The molecule has 7 heteroatoms. The summed E-state index contributed by atoms with van der Waals surface area (Å²) in [5, 5.41) is 6.30. The highest BCUT2D eigenvalue weighted by Crippen LogP contribution is 2.25. The van der Waals surface area contributed by atoms with Crippen LogP contribution in [0.3, 0.4) is 0 Å². The van der Waals surface area contributed by atoms with Crippen molar-refractivity contribution in [2.24, 2.45) is 5.92 Å². The normalized spacial score (nSPS) is 11.0. The molecule has 0 fully saturated rings. The molecule has 6 nitrogen and oxygen atoms in total. The third-order valence-corrected chi connectivity index (χ3v) is 5.52. The lowest BCUT2D eigenvalue weighted by atomic mass is 10.1. The fraction of sp³-hybridized carbons (Fsp3) is 0.318. The van der Waals surface area contributed by atoms with Gasteiger partial charge in [0.1, 0.15) is 0 Å². The average molecular weight is 411 g/mol. The lowest BCUT2D eigenvalue weighted by molar-refractivity contribution is -0.113. The summed E-state index contributed by atoms with van der Waals surface area (Å²) < 4.78 is 2.20. The Morgan fingerprint density at radius 1 is 1.10 bits per heavy atom. The predicted octanol–water partition coefficient (Wildman–Crippen LogP) is 4.17. The van der Waals surface area contributed by atoms with Gasteiger partial charge in [0.05, 0.1) is 16.8 Å². The van der Waals surface area contributed by atoms with E-state index in [0.717, 1.165) is 29.2 Å². The van der Waals surface area contributed by atoms with Gasteiger partial charge in [-0.3, -0.25) is 9.59 Å². The molecule has 152 valence electrons. The Balaban J connectivity index is 1.66. The van der Waals surface area contributed by atoms with Crippen molar-refractivity contribution in [2.45, 2.75) is 32.0 Å². The molecule has 0 aliphatic rings. The first-order valence-electron chi connectivity index (χ1n) is 9.68. The number of anilines is 1. The number of nitrogens with zero attached hydrogens (tertiary/aromatic N) is 2. The highest BCUT2D eigenvalue weighted by atomic mass is 32.2. The molecule has 2 aromatic carbocycles. The molecule has 0 saturated heterocycles. The van der Waals surface area contributed by atoms with Crippen LogP contribution >= 0.6 is 11.8 Å². The number of carbonyl (C=O) groups excluding carboxylic acids is 2. The third-order valence-electron chi connectivity index (χ3n) is 4.54. The van der Waals surface area contributed by atoms with E-state index in [1.165, 1.54) is 11.8 Å². The van der Waals surface area contributed by atoms with E-state index >= 15 is 0 Å². The molecule has 0 atom stereocenters. The molecule has 2 N–H and O–H groups in total. The number of benzene rings is 2. The van der Waals surface area contributed by atoms with Crippen molar-refractivity contribution in [2.75, 3.05) is 18.1 Å². The van der Waals surface area contributed by atoms with Crippen LogP contribution < -0.4 is 10.6 Å². The van der Waals surface area contributed by atoms with Crippen LogP contribution in [-0.4, -0.2) is 34.2 Å². The van der Waals surface area contributed by atoms with E-state index in [0.29, 0.717) is 17.2 Å². The minimum absolute atomic E-state index is 0.106. The Morgan fingerprint density at radius 2 is 1.83 bits per heavy atom. The van der Waals surface area contributed by atoms with E-state index in [9.17, 15) is 9.59 Å². The summed E-state index contributed by atoms with van der Waals surface area (Å²) in [6, 6.07) is 14.9. The first kappa shape index (κ1) is 20.9. The molecule has 3 rings (SSSR count). The van der Waals surface area contributed by atoms with E-state index in [2.05, 4.69) is 35.1 Å². The maximum Gasteiger partial charge on any atom is 0.251 e. The lowest BCUT2D eigenvalue weighted by Crippen LogP contribution is -2.18. The van der Waals surface area contributed by atoms with Gasteiger partial charge in [0, 0.05) is 24.8 Å². The highest BCUT2D eigenvalue weighted by molar-refractivity contribution is 7.99. The molecule has 0 unspecified atom stereocenters. The number of fused-ring (bicyclic) bond motifs is 1. The first-order chi connectivity index (χ1) is 14.0. The van der Waals surface area contributed by atoms with Gasteiger partial charge in [-0.1, -0.05) is 37.7 Å². The van der Waals surface area contributed by atoms with Gasteiger partial charge in [0.15, 0.2) is 5.16 Å². The van der Waals surface area contributed by atoms with Crippen LogP contribution in [0.25, 0.3) is 11.0 Å². The standard InChI is InChI=1S/C22H26N4O2S/c1-15(2)12-13-26-19-7-5-4-6-18(19)25-22(26)29-14-20(27)24-17-10-8-16(9-11-17)21(28)23-3/h4-11,15H,12-14H2,1-3H3,(H,23,28)(H,24,27). The van der Waals surface area contributed by atoms with E-state index in [-0.39, 0.29) is 17.6 Å². The zero-order chi connectivity index (χ0) is 20.8. The summed E-state index contributed by atoms with van der Waals surface area (Å²) in [6.45, 7) is 5.28. The second-order valence-electron chi connectivity index (χ2n) is 7.21. The van der Waals surface area contributed by atoms with Crippen LogP contribution in [-0.2, 0) is 11.3 Å². The lowest BCUT2D eigenvalue weighted by Gasteiger charge is -2.11. The number of para-hydroxylation sites is 2. The molecule has 1 aromatic heterocycles. The van der Waals surface area contributed by atoms with E-state index in [1.54, 1.807) is 31.3 Å². The number of carbonyl (C=O) groups is 2. The minimum Gasteiger partial charge on any atom is -0.355 e. The quantitative estimate of drug-likeness (QED) is 0.547. The monoisotopic (exact) mass is 410 g/mol. The molecule has 0 saturated carbocycles. The van der Waals surface area contributed by atoms with Gasteiger partial charge in [-0.25, -0.2) is 4.98 Å². The summed E-state index contributed by atoms with van der Waals surface area (Å²) in [6.07, 6.45) is 1.05. The highest BCUT2D eigenvalue weighted by Gasteiger charge is 2.13. The SMILES string of the molecule is CNC(=O)c1ccc(NC(=O)CSc2nc3ccccc3n2CCC(C)C)cc1. The maximum absolute atomic E-state index is 12.4. The Morgan fingerprint density at radius 3 is 2.52 bits per heavy atom. The van der Waals surface area contributed by atoms with Crippen LogP contribution in [0.2, 0.25) is 0 Å². The number of aryl methyl sites for hydroxylation is 1. The molecule has 0 bridgehead atoms. The van der Waals surface area contributed by atoms with Crippen molar-refractivity contribution in [3.63, 3.8) is 0 Å². The molecule has 3 aromatic rings. The second kappa shape index (κ2) is 9.60. The summed E-state index contributed by atoms with van der Waals surface area (Å²) in [5.41, 5.74) is 3.26. The van der Waals surface area contributed by atoms with Crippen molar-refractivity contribution in [1.29, 1.82) is 0 Å². The zero-order valence-electron chi connectivity index (χ0n) is 16.9. The van der Waals surface area contributed by atoms with E-state index < -0.39 is 0 Å². The van der Waals surface area contributed by atoms with Gasteiger partial charge >= 0.3 is 0 Å². The fourth-order valence-electron chi connectivity index (χ4n) is 2.94. The minimum atomic E-state index is -0.154. The van der Waals surface area contributed by atoms with Crippen LogP contribution in [0.15, 0.2) is 53.7 Å². The number of amides is 2. The van der Waals surface area contributed by atoms with Crippen LogP contribution in [0.5, 0.6) is 0 Å². The smallest absolute Gasteiger partial charge is 0.251 e. The summed E-state index contributed by atoms with van der Waals surface area (Å²) in [7, 11) is 1.59. The van der Waals surface area contributed by atoms with Crippen molar-refractivity contribution < 1.29 is 9.59 Å². The zero-order valence-corrected chi connectivity index (χ0v) is 17.8. The van der Waals surface area contributed by atoms with Gasteiger partial charge < -0.3 is 15.2 Å². The number of imidazole rings is 1. The third kappa shape index (κ3) is 5.38. The Hall–Kier alpha value is -2.80. The number of aromatic nitrogens is 2.